The lowest BCUT2D eigenvalue weighted by molar-refractivity contribution is -0.143. The van der Waals surface area contributed by atoms with Crippen molar-refractivity contribution in [1.82, 2.24) is 0 Å². The highest BCUT2D eigenvalue weighted by Crippen LogP contribution is 2.53. The van der Waals surface area contributed by atoms with Gasteiger partial charge in [0, 0.05) is 12.0 Å². The van der Waals surface area contributed by atoms with E-state index in [1.807, 2.05) is 20.8 Å². The number of rotatable bonds is 26. The van der Waals surface area contributed by atoms with Crippen LogP contribution in [-0.4, -0.2) is 68.4 Å². The van der Waals surface area contributed by atoms with E-state index in [1.165, 1.54) is 0 Å². The zero-order valence-electron chi connectivity index (χ0n) is 24.6. The zero-order chi connectivity index (χ0) is 29.9. The van der Waals surface area contributed by atoms with Gasteiger partial charge in [-0.3, -0.25) is 14.4 Å². The minimum Gasteiger partial charge on any atom is -0.481 e. The summed E-state index contributed by atoms with van der Waals surface area (Å²) < 4.78 is 0. The Kier molecular flexibility index (Phi) is 19.3. The van der Waals surface area contributed by atoms with Gasteiger partial charge >= 0.3 is 17.9 Å². The summed E-state index contributed by atoms with van der Waals surface area (Å²) in [7, 11) is 0. The number of hydrogen-bond donors (Lipinski definition) is 6. The van der Waals surface area contributed by atoms with Gasteiger partial charge < -0.3 is 30.6 Å². The first-order valence-electron chi connectivity index (χ1n) is 15.0. The van der Waals surface area contributed by atoms with E-state index in [0.717, 1.165) is 0 Å². The third-order valence-electron chi connectivity index (χ3n) is 9.22. The molecule has 9 heteroatoms. The Balaban J connectivity index is 5.93. The number of carboxylic acid groups (broad SMARTS) is 3. The van der Waals surface area contributed by atoms with E-state index < -0.39 is 46.5 Å². The van der Waals surface area contributed by atoms with Crippen molar-refractivity contribution in [3.05, 3.63) is 0 Å². The summed E-state index contributed by atoms with van der Waals surface area (Å²) in [5.74, 6) is -3.67. The average Bonchev–Trinajstić information content (AvgIpc) is 2.90. The lowest BCUT2D eigenvalue weighted by atomic mass is 9.55. The first-order valence-corrected chi connectivity index (χ1v) is 15.0. The molecule has 39 heavy (non-hydrogen) atoms. The van der Waals surface area contributed by atoms with Crippen molar-refractivity contribution in [2.24, 2.45) is 28.6 Å². The minimum absolute atomic E-state index is 0.201. The summed E-state index contributed by atoms with van der Waals surface area (Å²) in [4.78, 5) is 34.5. The Bertz CT molecular complexity index is 616. The third kappa shape index (κ3) is 12.1. The summed E-state index contributed by atoms with van der Waals surface area (Å²) in [6.45, 7) is 4.75. The fourth-order valence-electron chi connectivity index (χ4n) is 6.26. The van der Waals surface area contributed by atoms with Crippen LogP contribution in [0.15, 0.2) is 0 Å². The molecule has 230 valence electrons. The molecule has 0 saturated carbocycles. The van der Waals surface area contributed by atoms with Crippen LogP contribution in [0.5, 0.6) is 0 Å². The SMILES string of the molecule is CCC(CCCCC(CCCCC(CC)C(=O)O)(CCCCC(CC)C(=O)O)C(CO)(CO)CCO)C(=O)O. The van der Waals surface area contributed by atoms with E-state index in [2.05, 4.69) is 0 Å². The monoisotopic (exact) mass is 560 g/mol. The minimum atomic E-state index is -0.952. The molecular formula is C30H56O9. The van der Waals surface area contributed by atoms with E-state index in [9.17, 15) is 45.0 Å². The molecule has 0 aliphatic heterocycles. The quantitative estimate of drug-likeness (QED) is 0.0763. The second-order valence-electron chi connectivity index (χ2n) is 11.4. The first kappa shape index (κ1) is 37.3. The van der Waals surface area contributed by atoms with Crippen LogP contribution in [0.4, 0.5) is 0 Å². The van der Waals surface area contributed by atoms with Crippen LogP contribution >= 0.6 is 0 Å². The van der Waals surface area contributed by atoms with Crippen molar-refractivity contribution >= 4 is 17.9 Å². The number of aliphatic hydroxyl groups excluding tert-OH is 3. The maximum atomic E-state index is 11.5. The fourth-order valence-corrected chi connectivity index (χ4v) is 6.26. The molecule has 0 fully saturated rings. The van der Waals surface area contributed by atoms with Crippen LogP contribution in [0, 0.1) is 28.6 Å². The van der Waals surface area contributed by atoms with Gasteiger partial charge in [-0.2, -0.15) is 0 Å². The van der Waals surface area contributed by atoms with Crippen LogP contribution in [0.25, 0.3) is 0 Å². The molecule has 9 nitrogen and oxygen atoms in total. The molecule has 0 amide bonds. The molecule has 0 saturated heterocycles. The molecule has 0 spiro atoms. The lowest BCUT2D eigenvalue weighted by Gasteiger charge is -2.50. The number of aliphatic hydroxyl groups is 3. The smallest absolute Gasteiger partial charge is 0.306 e. The van der Waals surface area contributed by atoms with Crippen molar-refractivity contribution in [2.45, 2.75) is 124 Å². The number of carbonyl (C=O) groups is 3. The van der Waals surface area contributed by atoms with Gasteiger partial charge in [-0.25, -0.2) is 0 Å². The summed E-state index contributed by atoms with van der Waals surface area (Å²) in [6.07, 6.45) is 9.57. The number of unbranched alkanes of at least 4 members (excludes halogenated alkanes) is 3. The molecule has 0 rings (SSSR count). The predicted molar refractivity (Wildman–Crippen MR) is 150 cm³/mol. The Morgan fingerprint density at radius 3 is 1.03 bits per heavy atom. The van der Waals surface area contributed by atoms with Crippen LogP contribution in [0.3, 0.4) is 0 Å². The van der Waals surface area contributed by atoms with Gasteiger partial charge in [0.15, 0.2) is 0 Å². The van der Waals surface area contributed by atoms with Gasteiger partial charge in [0.2, 0.25) is 0 Å². The van der Waals surface area contributed by atoms with Gasteiger partial charge in [-0.05, 0) is 69.6 Å². The number of hydrogen-bond acceptors (Lipinski definition) is 6. The molecule has 0 aliphatic rings. The largest absolute Gasteiger partial charge is 0.481 e. The molecule has 0 aromatic rings. The Morgan fingerprint density at radius 2 is 0.821 bits per heavy atom. The normalized spacial score (nSPS) is 15.8. The second-order valence-corrected chi connectivity index (χ2v) is 11.4. The van der Waals surface area contributed by atoms with Crippen molar-refractivity contribution in [3.63, 3.8) is 0 Å². The standard InChI is InChI=1S/C30H56O9/c1-4-23(26(34)35)13-7-10-16-29(30(21-32,22-33)19-20-31,17-11-8-14-24(5-2)27(36)37)18-12-9-15-25(6-3)28(38)39/h23-25,31-33H,4-22H2,1-3H3,(H,34,35)(H,36,37)(H,38,39). The number of carboxylic acids is 3. The summed E-state index contributed by atoms with van der Waals surface area (Å²) in [6, 6.07) is 0. The summed E-state index contributed by atoms with van der Waals surface area (Å²) in [5, 5.41) is 59.4. The van der Waals surface area contributed by atoms with Crippen LogP contribution in [0.1, 0.15) is 124 Å². The van der Waals surface area contributed by atoms with E-state index in [0.29, 0.717) is 96.3 Å². The van der Waals surface area contributed by atoms with Crippen molar-refractivity contribution < 1.29 is 45.0 Å². The fraction of sp³-hybridized carbons (Fsp3) is 0.900. The summed E-state index contributed by atoms with van der Waals surface area (Å²) in [5.41, 5.74) is -1.51. The Hall–Kier alpha value is -1.71. The van der Waals surface area contributed by atoms with Crippen molar-refractivity contribution in [1.29, 1.82) is 0 Å². The zero-order valence-corrected chi connectivity index (χ0v) is 24.6. The molecular weight excluding hydrogens is 504 g/mol. The topological polar surface area (TPSA) is 173 Å². The van der Waals surface area contributed by atoms with Gasteiger partial charge in [0.1, 0.15) is 0 Å². The molecule has 0 heterocycles. The van der Waals surface area contributed by atoms with Crippen molar-refractivity contribution in [2.75, 3.05) is 19.8 Å². The maximum absolute atomic E-state index is 11.5. The summed E-state index contributed by atoms with van der Waals surface area (Å²) >= 11 is 0. The highest BCUT2D eigenvalue weighted by molar-refractivity contribution is 5.70. The first-order chi connectivity index (χ1) is 18.5. The third-order valence-corrected chi connectivity index (χ3v) is 9.22. The molecule has 3 atom stereocenters. The highest BCUT2D eigenvalue weighted by atomic mass is 16.4. The second kappa shape index (κ2) is 20.2. The van der Waals surface area contributed by atoms with Gasteiger partial charge in [0.05, 0.1) is 31.0 Å². The van der Waals surface area contributed by atoms with E-state index in [1.54, 1.807) is 0 Å². The molecule has 0 aliphatic carbocycles. The van der Waals surface area contributed by atoms with Gasteiger partial charge in [0.25, 0.3) is 0 Å². The number of aliphatic carboxylic acids is 3. The predicted octanol–water partition coefficient (Wildman–Crippen LogP) is 5.34. The Labute approximate surface area is 235 Å². The molecule has 0 bridgehead atoms. The molecule has 6 N–H and O–H groups in total. The average molecular weight is 561 g/mol. The van der Waals surface area contributed by atoms with Crippen LogP contribution in [0.2, 0.25) is 0 Å². The molecule has 0 aromatic heterocycles. The van der Waals surface area contributed by atoms with E-state index in [-0.39, 0.29) is 26.2 Å². The molecule has 3 unspecified atom stereocenters. The highest BCUT2D eigenvalue weighted by Gasteiger charge is 2.49. The van der Waals surface area contributed by atoms with Crippen molar-refractivity contribution in [3.8, 4) is 0 Å². The van der Waals surface area contributed by atoms with Gasteiger partial charge in [-0.1, -0.05) is 59.3 Å². The van der Waals surface area contributed by atoms with Crippen LogP contribution < -0.4 is 0 Å². The van der Waals surface area contributed by atoms with Crippen LogP contribution in [-0.2, 0) is 14.4 Å². The maximum Gasteiger partial charge on any atom is 0.306 e. The molecule has 0 radical (unpaired) electrons. The van der Waals surface area contributed by atoms with E-state index >= 15 is 0 Å². The van der Waals surface area contributed by atoms with E-state index in [4.69, 9.17) is 0 Å². The lowest BCUT2D eigenvalue weighted by Crippen LogP contribution is -2.48. The van der Waals surface area contributed by atoms with Gasteiger partial charge in [-0.15, -0.1) is 0 Å². The molecule has 0 aromatic carbocycles. The Morgan fingerprint density at radius 1 is 0.513 bits per heavy atom.